The molecule has 0 fully saturated rings. The van der Waals surface area contributed by atoms with Crippen molar-refractivity contribution in [2.45, 2.75) is 0 Å². The van der Waals surface area contributed by atoms with Crippen LogP contribution in [0.25, 0.3) is 22.2 Å². The molecule has 38 heavy (non-hydrogen) atoms. The molecule has 0 saturated carbocycles. The molecule has 0 bridgehead atoms. The van der Waals surface area contributed by atoms with Gasteiger partial charge in [-0.15, -0.1) is 0 Å². The van der Waals surface area contributed by atoms with E-state index < -0.39 is 40.6 Å². The molecule has 196 valence electrons. The van der Waals surface area contributed by atoms with Crippen molar-refractivity contribution < 1.29 is 41.0 Å². The number of ether oxygens (including phenoxy) is 3. The Morgan fingerprint density at radius 2 is 1.42 bits per heavy atom. The number of carbonyl (C=O) groups excluding carboxylic acids is 1. The Bertz CT molecular complexity index is 1540. The first-order chi connectivity index (χ1) is 18.2. The number of para-hydroxylation sites is 1. The van der Waals surface area contributed by atoms with Gasteiger partial charge in [-0.2, -0.15) is 5.10 Å². The molecule has 3 aromatic carbocycles. The van der Waals surface area contributed by atoms with Crippen LogP contribution in [-0.4, -0.2) is 38.4 Å². The molecule has 1 amide bonds. The lowest BCUT2D eigenvalue weighted by molar-refractivity contribution is 0.0956. The van der Waals surface area contributed by atoms with Crippen LogP contribution in [0.4, 0.5) is 22.0 Å². The van der Waals surface area contributed by atoms with Crippen LogP contribution in [0.2, 0.25) is 0 Å². The molecule has 1 N–H and O–H groups in total. The van der Waals surface area contributed by atoms with E-state index in [0.717, 1.165) is 0 Å². The average molecular weight is 531 g/mol. The van der Waals surface area contributed by atoms with Gasteiger partial charge < -0.3 is 14.2 Å². The van der Waals surface area contributed by atoms with Gasteiger partial charge in [0.15, 0.2) is 34.8 Å². The van der Waals surface area contributed by atoms with Crippen molar-refractivity contribution in [3.05, 3.63) is 82.7 Å². The lowest BCUT2D eigenvalue weighted by atomic mass is 10.0. The number of aromatic nitrogens is 1. The number of pyridine rings is 1. The Balaban J connectivity index is 1.76. The van der Waals surface area contributed by atoms with Crippen LogP contribution in [0.3, 0.4) is 0 Å². The van der Waals surface area contributed by atoms with Gasteiger partial charge >= 0.3 is 0 Å². The summed E-state index contributed by atoms with van der Waals surface area (Å²) >= 11 is 0. The van der Waals surface area contributed by atoms with Crippen molar-refractivity contribution in [2.75, 3.05) is 21.3 Å². The zero-order chi connectivity index (χ0) is 27.6. The first-order valence-corrected chi connectivity index (χ1v) is 10.8. The first kappa shape index (κ1) is 26.3. The summed E-state index contributed by atoms with van der Waals surface area (Å²) in [5, 5.41) is 3.81. The van der Waals surface area contributed by atoms with Crippen LogP contribution >= 0.6 is 0 Å². The topological polar surface area (TPSA) is 82.0 Å². The maximum Gasteiger partial charge on any atom is 0.272 e. The van der Waals surface area contributed by atoms with E-state index in [9.17, 15) is 26.7 Å². The highest BCUT2D eigenvalue weighted by Gasteiger charge is 2.25. The van der Waals surface area contributed by atoms with Crippen molar-refractivity contribution in [2.24, 2.45) is 5.10 Å². The quantitative estimate of drug-likeness (QED) is 0.114. The average Bonchev–Trinajstić information content (AvgIpc) is 2.95. The molecule has 0 aliphatic heterocycles. The molecule has 4 aromatic rings. The summed E-state index contributed by atoms with van der Waals surface area (Å²) in [6.07, 6.45) is 0.331. The number of benzene rings is 3. The highest BCUT2D eigenvalue weighted by atomic mass is 19.2. The number of carbonyl (C=O) groups is 1. The fourth-order valence-electron chi connectivity index (χ4n) is 3.69. The van der Waals surface area contributed by atoms with Gasteiger partial charge in [-0.05, 0) is 24.3 Å². The number of hydrogen-bond donors (Lipinski definition) is 1. The molecular formula is C26H18F5N3O4. The van der Waals surface area contributed by atoms with E-state index in [2.05, 4.69) is 15.5 Å². The minimum atomic E-state index is -2.30. The Hall–Kier alpha value is -4.74. The van der Waals surface area contributed by atoms with Gasteiger partial charge in [0.05, 0.1) is 49.9 Å². The minimum absolute atomic E-state index is 0.0638. The molecule has 1 aromatic heterocycles. The Labute approximate surface area is 212 Å². The van der Waals surface area contributed by atoms with E-state index in [1.807, 2.05) is 0 Å². The Kier molecular flexibility index (Phi) is 7.42. The molecule has 0 radical (unpaired) electrons. The van der Waals surface area contributed by atoms with Crippen LogP contribution < -0.4 is 19.6 Å². The van der Waals surface area contributed by atoms with Gasteiger partial charge in [0.1, 0.15) is 0 Å². The number of nitrogens with one attached hydrogen (secondary N) is 1. The number of methoxy groups -OCH3 is 3. The summed E-state index contributed by atoms with van der Waals surface area (Å²) < 4.78 is 84.1. The zero-order valence-electron chi connectivity index (χ0n) is 20.0. The summed E-state index contributed by atoms with van der Waals surface area (Å²) in [6.45, 7) is 0. The third-order valence-corrected chi connectivity index (χ3v) is 5.52. The van der Waals surface area contributed by atoms with Crippen LogP contribution in [0.5, 0.6) is 17.2 Å². The summed E-state index contributed by atoms with van der Waals surface area (Å²) in [5.41, 5.74) is 2.07. The second-order valence-electron chi connectivity index (χ2n) is 7.67. The van der Waals surface area contributed by atoms with Gasteiger partial charge in [-0.1, -0.05) is 18.2 Å². The maximum atomic E-state index is 13.9. The van der Waals surface area contributed by atoms with Gasteiger partial charge in [0, 0.05) is 10.9 Å². The van der Waals surface area contributed by atoms with Gasteiger partial charge in [-0.25, -0.2) is 32.4 Å². The highest BCUT2D eigenvalue weighted by Crippen LogP contribution is 2.41. The van der Waals surface area contributed by atoms with Gasteiger partial charge in [0.2, 0.25) is 11.6 Å². The molecule has 4 rings (SSSR count). The van der Waals surface area contributed by atoms with E-state index in [4.69, 9.17) is 14.2 Å². The summed E-state index contributed by atoms with van der Waals surface area (Å²) in [5.74, 6) is -10.5. The molecule has 0 aliphatic carbocycles. The second-order valence-corrected chi connectivity index (χ2v) is 7.67. The number of nitrogens with zero attached hydrogens (tertiary/aromatic N) is 2. The standard InChI is InChI=1S/C26H18F5N3O4/c1-36-18-8-12(9-19(37-2)25(18)38-3)17-10-14(13-6-4-5-7-16(13)33-17)26(35)34-32-11-15-20(27)22(29)24(31)23(30)21(15)28/h4-11H,1-3H3,(H,34,35). The molecule has 0 unspecified atom stereocenters. The van der Waals surface area contributed by atoms with Crippen molar-refractivity contribution in [1.82, 2.24) is 10.4 Å². The van der Waals surface area contributed by atoms with Crippen molar-refractivity contribution in [3.8, 4) is 28.5 Å². The molecule has 1 heterocycles. The predicted molar refractivity (Wildman–Crippen MR) is 128 cm³/mol. The number of fused-ring (bicyclic) bond motifs is 1. The third-order valence-electron chi connectivity index (χ3n) is 5.52. The van der Waals surface area contributed by atoms with E-state index in [-0.39, 0.29) is 5.56 Å². The van der Waals surface area contributed by atoms with Crippen LogP contribution in [-0.2, 0) is 0 Å². The normalized spacial score (nSPS) is 11.2. The summed E-state index contributed by atoms with van der Waals surface area (Å²) in [6, 6.07) is 11.3. The summed E-state index contributed by atoms with van der Waals surface area (Å²) in [4.78, 5) is 17.6. The molecular weight excluding hydrogens is 513 g/mol. The molecule has 0 atom stereocenters. The Morgan fingerprint density at radius 1 is 0.842 bits per heavy atom. The lowest BCUT2D eigenvalue weighted by Crippen LogP contribution is -2.19. The van der Waals surface area contributed by atoms with Crippen LogP contribution in [0.1, 0.15) is 15.9 Å². The van der Waals surface area contributed by atoms with Crippen molar-refractivity contribution in [3.63, 3.8) is 0 Å². The molecule has 12 heteroatoms. The molecule has 7 nitrogen and oxygen atoms in total. The van der Waals surface area contributed by atoms with Gasteiger partial charge in [0.25, 0.3) is 5.91 Å². The number of hydrogen-bond acceptors (Lipinski definition) is 6. The van der Waals surface area contributed by atoms with E-state index in [0.29, 0.717) is 45.6 Å². The van der Waals surface area contributed by atoms with Crippen molar-refractivity contribution >= 4 is 23.0 Å². The second kappa shape index (κ2) is 10.7. The molecule has 0 saturated heterocycles. The number of hydrazone groups is 1. The minimum Gasteiger partial charge on any atom is -0.493 e. The predicted octanol–water partition coefficient (Wildman–Crippen LogP) is 5.39. The molecule has 0 spiro atoms. The SMILES string of the molecule is COc1cc(-c2cc(C(=O)NN=Cc3c(F)c(F)c(F)c(F)c3F)c3ccccc3n2)cc(OC)c1OC. The first-order valence-electron chi connectivity index (χ1n) is 10.8. The van der Waals surface area contributed by atoms with Gasteiger partial charge in [-0.3, -0.25) is 4.79 Å². The van der Waals surface area contributed by atoms with Crippen LogP contribution in [0, 0.1) is 29.1 Å². The molecule has 0 aliphatic rings. The largest absolute Gasteiger partial charge is 0.493 e. The number of halogens is 5. The Morgan fingerprint density at radius 3 is 2.00 bits per heavy atom. The number of amides is 1. The maximum absolute atomic E-state index is 13.9. The van der Waals surface area contributed by atoms with E-state index in [1.54, 1.807) is 36.4 Å². The van der Waals surface area contributed by atoms with Crippen LogP contribution in [0.15, 0.2) is 47.6 Å². The fourth-order valence-corrected chi connectivity index (χ4v) is 3.69. The smallest absolute Gasteiger partial charge is 0.272 e. The third kappa shape index (κ3) is 4.67. The summed E-state index contributed by atoms with van der Waals surface area (Å²) in [7, 11) is 4.33. The van der Waals surface area contributed by atoms with E-state index >= 15 is 0 Å². The monoisotopic (exact) mass is 531 g/mol. The fraction of sp³-hybridized carbons (Fsp3) is 0.115. The zero-order valence-corrected chi connectivity index (χ0v) is 20.0. The highest BCUT2D eigenvalue weighted by molar-refractivity contribution is 6.07. The number of rotatable bonds is 7. The lowest BCUT2D eigenvalue weighted by Gasteiger charge is -2.15. The van der Waals surface area contributed by atoms with E-state index in [1.165, 1.54) is 27.4 Å². The van der Waals surface area contributed by atoms with Crippen molar-refractivity contribution in [1.29, 1.82) is 0 Å².